The smallest absolute Gasteiger partial charge is 0.231 e. The molecular weight excluding hydrogens is 228 g/mol. The number of fused-ring (bicyclic) bond motifs is 1. The quantitative estimate of drug-likeness (QED) is 0.722. The van der Waals surface area contributed by atoms with Crippen molar-refractivity contribution in [3.63, 3.8) is 0 Å². The average molecular weight is 250 g/mol. The van der Waals surface area contributed by atoms with Crippen LogP contribution in [0.4, 0.5) is 0 Å². The highest BCUT2D eigenvalue weighted by Gasteiger charge is 2.15. The molecule has 1 heterocycles. The Morgan fingerprint density at radius 3 is 2.72 bits per heavy atom. The third-order valence-electron chi connectivity index (χ3n) is 3.21. The van der Waals surface area contributed by atoms with E-state index in [1.165, 1.54) is 11.1 Å². The van der Waals surface area contributed by atoms with Gasteiger partial charge < -0.3 is 20.5 Å². The van der Waals surface area contributed by atoms with Gasteiger partial charge in [-0.15, -0.1) is 0 Å². The summed E-state index contributed by atoms with van der Waals surface area (Å²) in [6.45, 7) is 5.27. The second-order valence-corrected chi connectivity index (χ2v) is 4.63. The Balaban J connectivity index is 1.79. The second-order valence-electron chi connectivity index (χ2n) is 4.63. The maximum Gasteiger partial charge on any atom is 0.231 e. The largest absolute Gasteiger partial charge is 0.454 e. The fraction of sp³-hybridized carbons (Fsp3) is 0.571. The standard InChI is InChI=1S/C14H22N2O2/c1-11-8-13-14(18-10-17-13)9-12(11)4-7-16-6-3-2-5-15/h8-9,16H,2-7,10,15H2,1H3. The lowest BCUT2D eigenvalue weighted by Crippen LogP contribution is -2.19. The van der Waals surface area contributed by atoms with Gasteiger partial charge in [-0.1, -0.05) is 0 Å². The van der Waals surface area contributed by atoms with Crippen molar-refractivity contribution in [3.05, 3.63) is 23.3 Å². The Morgan fingerprint density at radius 2 is 1.94 bits per heavy atom. The molecule has 0 aliphatic carbocycles. The SMILES string of the molecule is Cc1cc2c(cc1CCNCCCCN)OCO2. The third kappa shape index (κ3) is 3.37. The van der Waals surface area contributed by atoms with E-state index in [9.17, 15) is 0 Å². The number of aryl methyl sites for hydroxylation is 1. The van der Waals surface area contributed by atoms with Gasteiger partial charge in [0.15, 0.2) is 11.5 Å². The van der Waals surface area contributed by atoms with E-state index in [0.29, 0.717) is 6.79 Å². The summed E-state index contributed by atoms with van der Waals surface area (Å²) in [4.78, 5) is 0. The van der Waals surface area contributed by atoms with Crippen LogP contribution in [0.25, 0.3) is 0 Å². The normalized spacial score (nSPS) is 13.0. The molecule has 2 rings (SSSR count). The van der Waals surface area contributed by atoms with Gasteiger partial charge in [-0.2, -0.15) is 0 Å². The summed E-state index contributed by atoms with van der Waals surface area (Å²) in [5, 5.41) is 3.44. The molecule has 4 heteroatoms. The number of hydrogen-bond acceptors (Lipinski definition) is 4. The van der Waals surface area contributed by atoms with Crippen LogP contribution in [0.5, 0.6) is 11.5 Å². The number of nitrogens with two attached hydrogens (primary N) is 1. The molecule has 1 aliphatic heterocycles. The number of hydrogen-bond donors (Lipinski definition) is 2. The van der Waals surface area contributed by atoms with Gasteiger partial charge in [0.1, 0.15) is 0 Å². The summed E-state index contributed by atoms with van der Waals surface area (Å²) < 4.78 is 10.8. The van der Waals surface area contributed by atoms with E-state index in [1.54, 1.807) is 0 Å². The minimum Gasteiger partial charge on any atom is -0.454 e. The first-order valence-corrected chi connectivity index (χ1v) is 6.61. The molecule has 0 saturated heterocycles. The molecule has 0 atom stereocenters. The molecule has 0 bridgehead atoms. The highest BCUT2D eigenvalue weighted by atomic mass is 16.7. The van der Waals surface area contributed by atoms with Crippen LogP contribution in [-0.4, -0.2) is 26.4 Å². The van der Waals surface area contributed by atoms with Crippen molar-refractivity contribution in [1.29, 1.82) is 0 Å². The van der Waals surface area contributed by atoms with Crippen molar-refractivity contribution in [1.82, 2.24) is 5.32 Å². The second kappa shape index (κ2) is 6.61. The first-order chi connectivity index (χ1) is 8.81. The van der Waals surface area contributed by atoms with Crippen molar-refractivity contribution in [2.45, 2.75) is 26.2 Å². The molecule has 1 aromatic carbocycles. The van der Waals surface area contributed by atoms with Gasteiger partial charge in [-0.05, 0) is 69.1 Å². The van der Waals surface area contributed by atoms with Crippen LogP contribution in [0.1, 0.15) is 24.0 Å². The van der Waals surface area contributed by atoms with Crippen LogP contribution >= 0.6 is 0 Å². The molecule has 100 valence electrons. The predicted molar refractivity (Wildman–Crippen MR) is 72.2 cm³/mol. The zero-order valence-corrected chi connectivity index (χ0v) is 11.0. The van der Waals surface area contributed by atoms with Crippen LogP contribution in [0.3, 0.4) is 0 Å². The summed E-state index contributed by atoms with van der Waals surface area (Å²) in [5.74, 6) is 1.74. The molecule has 0 fully saturated rings. The van der Waals surface area contributed by atoms with Gasteiger partial charge in [-0.25, -0.2) is 0 Å². The van der Waals surface area contributed by atoms with Gasteiger partial charge >= 0.3 is 0 Å². The van der Waals surface area contributed by atoms with E-state index in [4.69, 9.17) is 15.2 Å². The molecule has 18 heavy (non-hydrogen) atoms. The summed E-state index contributed by atoms with van der Waals surface area (Å²) in [5.41, 5.74) is 8.04. The van der Waals surface area contributed by atoms with E-state index in [2.05, 4.69) is 24.4 Å². The molecule has 0 aromatic heterocycles. The maximum atomic E-state index is 5.45. The fourth-order valence-corrected chi connectivity index (χ4v) is 2.10. The van der Waals surface area contributed by atoms with Crippen molar-refractivity contribution in [3.8, 4) is 11.5 Å². The Labute approximate surface area is 108 Å². The van der Waals surface area contributed by atoms with Gasteiger partial charge in [0.05, 0.1) is 0 Å². The Morgan fingerprint density at radius 1 is 1.17 bits per heavy atom. The van der Waals surface area contributed by atoms with Crippen LogP contribution in [0, 0.1) is 6.92 Å². The monoisotopic (exact) mass is 250 g/mol. The number of unbranched alkanes of at least 4 members (excludes halogenated alkanes) is 1. The van der Waals surface area contributed by atoms with Crippen molar-refractivity contribution >= 4 is 0 Å². The molecule has 0 spiro atoms. The lowest BCUT2D eigenvalue weighted by molar-refractivity contribution is 0.174. The van der Waals surface area contributed by atoms with Gasteiger partial charge in [-0.3, -0.25) is 0 Å². The molecule has 1 aromatic rings. The topological polar surface area (TPSA) is 56.5 Å². The van der Waals surface area contributed by atoms with Crippen LogP contribution in [0.2, 0.25) is 0 Å². The van der Waals surface area contributed by atoms with Crippen LogP contribution < -0.4 is 20.5 Å². The van der Waals surface area contributed by atoms with Gasteiger partial charge in [0, 0.05) is 0 Å². The Bertz CT molecular complexity index is 394. The van der Waals surface area contributed by atoms with Crippen LogP contribution in [0.15, 0.2) is 12.1 Å². The first-order valence-electron chi connectivity index (χ1n) is 6.61. The zero-order valence-electron chi connectivity index (χ0n) is 11.0. The highest BCUT2D eigenvalue weighted by Crippen LogP contribution is 2.34. The molecule has 1 aliphatic rings. The highest BCUT2D eigenvalue weighted by molar-refractivity contribution is 5.48. The summed E-state index contributed by atoms with van der Waals surface area (Å²) in [6.07, 6.45) is 3.26. The van der Waals surface area contributed by atoms with Gasteiger partial charge in [0.25, 0.3) is 0 Å². The van der Waals surface area contributed by atoms with Crippen molar-refractivity contribution in [2.24, 2.45) is 5.73 Å². The minimum atomic E-state index is 0.343. The van der Waals surface area contributed by atoms with E-state index in [0.717, 1.165) is 50.4 Å². The average Bonchev–Trinajstić information content (AvgIpc) is 2.80. The Kier molecular flexibility index (Phi) is 4.84. The molecule has 0 unspecified atom stereocenters. The summed E-state index contributed by atoms with van der Waals surface area (Å²) in [6, 6.07) is 4.16. The van der Waals surface area contributed by atoms with E-state index in [1.807, 2.05) is 0 Å². The molecule has 0 amide bonds. The van der Waals surface area contributed by atoms with E-state index >= 15 is 0 Å². The molecule has 0 radical (unpaired) electrons. The molecular formula is C14H22N2O2. The van der Waals surface area contributed by atoms with Crippen LogP contribution in [-0.2, 0) is 6.42 Å². The summed E-state index contributed by atoms with van der Waals surface area (Å²) in [7, 11) is 0. The third-order valence-corrected chi connectivity index (χ3v) is 3.21. The molecule has 4 nitrogen and oxygen atoms in total. The zero-order chi connectivity index (χ0) is 12.8. The molecule has 3 N–H and O–H groups in total. The number of benzene rings is 1. The van der Waals surface area contributed by atoms with E-state index in [-0.39, 0.29) is 0 Å². The molecule has 0 saturated carbocycles. The fourth-order valence-electron chi connectivity index (χ4n) is 2.10. The lowest BCUT2D eigenvalue weighted by Gasteiger charge is -2.08. The number of nitrogens with one attached hydrogen (secondary N) is 1. The van der Waals surface area contributed by atoms with Gasteiger partial charge in [0.2, 0.25) is 6.79 Å². The summed E-state index contributed by atoms with van der Waals surface area (Å²) >= 11 is 0. The number of ether oxygens (including phenoxy) is 2. The van der Waals surface area contributed by atoms with E-state index < -0.39 is 0 Å². The predicted octanol–water partition coefficient (Wildman–Crippen LogP) is 1.59. The van der Waals surface area contributed by atoms with Crippen molar-refractivity contribution in [2.75, 3.05) is 26.4 Å². The maximum absolute atomic E-state index is 5.45. The lowest BCUT2D eigenvalue weighted by atomic mass is 10.0. The number of rotatable bonds is 7. The Hall–Kier alpha value is -1.26. The van der Waals surface area contributed by atoms with Crippen molar-refractivity contribution < 1.29 is 9.47 Å². The minimum absolute atomic E-state index is 0.343. The first kappa shape index (κ1) is 13.2.